The van der Waals surface area contributed by atoms with Crippen LogP contribution in [0.2, 0.25) is 0 Å². The fourth-order valence-corrected chi connectivity index (χ4v) is 3.19. The number of hydrogen-bond donors (Lipinski definition) is 2. The normalized spacial score (nSPS) is 21.4. The molecule has 0 saturated carbocycles. The van der Waals surface area contributed by atoms with E-state index in [1.165, 1.54) is 18.2 Å². The van der Waals surface area contributed by atoms with Crippen LogP contribution in [0.15, 0.2) is 24.3 Å². The monoisotopic (exact) mass is 284 g/mol. The van der Waals surface area contributed by atoms with E-state index in [-0.39, 0.29) is 0 Å². The summed E-state index contributed by atoms with van der Waals surface area (Å²) in [6.45, 7) is 8.67. The van der Waals surface area contributed by atoms with Gasteiger partial charge in [0.2, 0.25) is 0 Å². The van der Waals surface area contributed by atoms with Crippen molar-refractivity contribution >= 4 is 16.6 Å². The standard InChI is InChI=1S/C17H24N4/c1-12-13-7-4-5-8-14(13)16(21-20-12)19-11-15-17(2,3)9-6-10-18-15/h4-5,7-8,15,18H,6,9-11H2,1-3H3,(H,19,21). The molecule has 4 heteroatoms. The van der Waals surface area contributed by atoms with Crippen LogP contribution >= 0.6 is 0 Å². The van der Waals surface area contributed by atoms with Crippen LogP contribution in [0.1, 0.15) is 32.4 Å². The van der Waals surface area contributed by atoms with Crippen molar-refractivity contribution in [2.24, 2.45) is 5.41 Å². The Labute approximate surface area is 126 Å². The van der Waals surface area contributed by atoms with Crippen molar-refractivity contribution in [1.82, 2.24) is 15.5 Å². The lowest BCUT2D eigenvalue weighted by Crippen LogP contribution is -2.50. The lowest BCUT2D eigenvalue weighted by atomic mass is 9.77. The summed E-state index contributed by atoms with van der Waals surface area (Å²) >= 11 is 0. The fraction of sp³-hybridized carbons (Fsp3) is 0.529. The number of aromatic nitrogens is 2. The van der Waals surface area contributed by atoms with E-state index < -0.39 is 0 Å². The van der Waals surface area contributed by atoms with Crippen LogP contribution in [0.25, 0.3) is 10.8 Å². The van der Waals surface area contributed by atoms with Gasteiger partial charge in [-0.05, 0) is 31.7 Å². The Morgan fingerprint density at radius 2 is 2.00 bits per heavy atom. The van der Waals surface area contributed by atoms with E-state index in [0.29, 0.717) is 11.5 Å². The van der Waals surface area contributed by atoms with Crippen LogP contribution in [0.5, 0.6) is 0 Å². The molecule has 1 fully saturated rings. The van der Waals surface area contributed by atoms with Gasteiger partial charge < -0.3 is 10.6 Å². The summed E-state index contributed by atoms with van der Waals surface area (Å²) in [5.41, 5.74) is 1.30. The number of piperidine rings is 1. The molecule has 1 aromatic heterocycles. The minimum Gasteiger partial charge on any atom is -0.366 e. The molecule has 0 bridgehead atoms. The van der Waals surface area contributed by atoms with Gasteiger partial charge in [0.05, 0.1) is 5.69 Å². The molecule has 1 aliphatic heterocycles. The molecule has 2 heterocycles. The molecule has 1 aliphatic rings. The number of benzene rings is 1. The van der Waals surface area contributed by atoms with Crippen molar-refractivity contribution < 1.29 is 0 Å². The summed E-state index contributed by atoms with van der Waals surface area (Å²) in [7, 11) is 0. The Morgan fingerprint density at radius 3 is 2.76 bits per heavy atom. The highest BCUT2D eigenvalue weighted by Crippen LogP contribution is 2.30. The quantitative estimate of drug-likeness (QED) is 0.909. The Morgan fingerprint density at radius 1 is 1.24 bits per heavy atom. The number of nitrogens with one attached hydrogen (secondary N) is 2. The molecular weight excluding hydrogens is 260 g/mol. The second kappa shape index (κ2) is 5.60. The molecule has 0 aliphatic carbocycles. The lowest BCUT2D eigenvalue weighted by Gasteiger charge is -2.39. The van der Waals surface area contributed by atoms with Gasteiger partial charge >= 0.3 is 0 Å². The Kier molecular flexibility index (Phi) is 3.81. The van der Waals surface area contributed by atoms with Crippen LogP contribution in [-0.4, -0.2) is 29.3 Å². The zero-order valence-corrected chi connectivity index (χ0v) is 13.1. The van der Waals surface area contributed by atoms with Crippen molar-refractivity contribution in [1.29, 1.82) is 0 Å². The summed E-state index contributed by atoms with van der Waals surface area (Å²) in [6, 6.07) is 8.78. The van der Waals surface area contributed by atoms with Crippen LogP contribution < -0.4 is 10.6 Å². The first kappa shape index (κ1) is 14.3. The highest BCUT2D eigenvalue weighted by Gasteiger charge is 2.31. The van der Waals surface area contributed by atoms with Crippen molar-refractivity contribution in [3.8, 4) is 0 Å². The Balaban J connectivity index is 1.81. The third-order valence-corrected chi connectivity index (χ3v) is 4.68. The summed E-state index contributed by atoms with van der Waals surface area (Å²) in [6.07, 6.45) is 2.53. The molecule has 2 N–H and O–H groups in total. The van der Waals surface area contributed by atoms with Gasteiger partial charge in [0.1, 0.15) is 0 Å². The minimum absolute atomic E-state index is 0.319. The largest absolute Gasteiger partial charge is 0.366 e. The van der Waals surface area contributed by atoms with Crippen LogP contribution in [0.4, 0.5) is 5.82 Å². The van der Waals surface area contributed by atoms with Gasteiger partial charge in [0.15, 0.2) is 5.82 Å². The Bertz CT molecular complexity index is 636. The second-order valence-electron chi connectivity index (χ2n) is 6.66. The Hall–Kier alpha value is -1.68. The van der Waals surface area contributed by atoms with Crippen LogP contribution in [-0.2, 0) is 0 Å². The van der Waals surface area contributed by atoms with Crippen LogP contribution in [0.3, 0.4) is 0 Å². The van der Waals surface area contributed by atoms with Gasteiger partial charge in [0.25, 0.3) is 0 Å². The topological polar surface area (TPSA) is 49.8 Å². The highest BCUT2D eigenvalue weighted by atomic mass is 15.2. The van der Waals surface area contributed by atoms with Gasteiger partial charge in [0, 0.05) is 23.4 Å². The molecule has 0 amide bonds. The molecule has 1 aromatic carbocycles. The van der Waals surface area contributed by atoms with E-state index in [2.05, 4.69) is 52.9 Å². The number of rotatable bonds is 3. The van der Waals surface area contributed by atoms with E-state index in [1.807, 2.05) is 13.0 Å². The van der Waals surface area contributed by atoms with Gasteiger partial charge in [-0.1, -0.05) is 38.1 Å². The molecule has 1 atom stereocenters. The van der Waals surface area contributed by atoms with Crippen molar-refractivity contribution in [2.75, 3.05) is 18.4 Å². The first-order chi connectivity index (χ1) is 10.1. The van der Waals surface area contributed by atoms with Gasteiger partial charge in [-0.25, -0.2) is 0 Å². The molecule has 0 radical (unpaired) electrons. The molecule has 4 nitrogen and oxygen atoms in total. The molecule has 0 spiro atoms. The molecular formula is C17H24N4. The second-order valence-corrected chi connectivity index (χ2v) is 6.66. The smallest absolute Gasteiger partial charge is 0.156 e. The molecule has 1 unspecified atom stereocenters. The number of hydrogen-bond acceptors (Lipinski definition) is 4. The van der Waals surface area contributed by atoms with Gasteiger partial charge in [-0.3, -0.25) is 0 Å². The zero-order chi connectivity index (χ0) is 14.9. The van der Waals surface area contributed by atoms with Crippen molar-refractivity contribution in [3.05, 3.63) is 30.0 Å². The van der Waals surface area contributed by atoms with E-state index in [1.54, 1.807) is 0 Å². The molecule has 21 heavy (non-hydrogen) atoms. The average Bonchev–Trinajstić information content (AvgIpc) is 2.48. The maximum Gasteiger partial charge on any atom is 0.156 e. The summed E-state index contributed by atoms with van der Waals surface area (Å²) in [5.74, 6) is 0.888. The minimum atomic E-state index is 0.319. The summed E-state index contributed by atoms with van der Waals surface area (Å²) in [4.78, 5) is 0. The maximum absolute atomic E-state index is 4.35. The SMILES string of the molecule is Cc1nnc(NCC2NCCCC2(C)C)c2ccccc12. The zero-order valence-electron chi connectivity index (χ0n) is 13.1. The third kappa shape index (κ3) is 2.86. The van der Waals surface area contributed by atoms with E-state index in [4.69, 9.17) is 0 Å². The number of anilines is 1. The lowest BCUT2D eigenvalue weighted by molar-refractivity contribution is 0.188. The molecule has 1 saturated heterocycles. The molecule has 3 rings (SSSR count). The summed E-state index contributed by atoms with van der Waals surface area (Å²) < 4.78 is 0. The first-order valence-corrected chi connectivity index (χ1v) is 7.77. The molecule has 112 valence electrons. The van der Waals surface area contributed by atoms with Gasteiger partial charge in [-0.2, -0.15) is 5.10 Å². The molecule has 2 aromatic rings. The maximum atomic E-state index is 4.35. The van der Waals surface area contributed by atoms with E-state index in [9.17, 15) is 0 Å². The average molecular weight is 284 g/mol. The fourth-order valence-electron chi connectivity index (χ4n) is 3.19. The highest BCUT2D eigenvalue weighted by molar-refractivity contribution is 5.92. The van der Waals surface area contributed by atoms with Crippen molar-refractivity contribution in [2.45, 2.75) is 39.7 Å². The van der Waals surface area contributed by atoms with Crippen molar-refractivity contribution in [3.63, 3.8) is 0 Å². The van der Waals surface area contributed by atoms with E-state index in [0.717, 1.165) is 30.0 Å². The first-order valence-electron chi connectivity index (χ1n) is 7.77. The number of nitrogens with zero attached hydrogens (tertiary/aromatic N) is 2. The predicted molar refractivity (Wildman–Crippen MR) is 87.6 cm³/mol. The van der Waals surface area contributed by atoms with E-state index >= 15 is 0 Å². The van der Waals surface area contributed by atoms with Gasteiger partial charge in [-0.15, -0.1) is 5.10 Å². The third-order valence-electron chi connectivity index (χ3n) is 4.68. The number of aryl methyl sites for hydroxylation is 1. The summed E-state index contributed by atoms with van der Waals surface area (Å²) in [5, 5.41) is 18.1. The predicted octanol–water partition coefficient (Wildman–Crippen LogP) is 3.13. The van der Waals surface area contributed by atoms with Crippen LogP contribution in [0, 0.1) is 12.3 Å². The number of fused-ring (bicyclic) bond motifs is 1.